The number of amides is 1. The Bertz CT molecular complexity index is 1030. The summed E-state index contributed by atoms with van der Waals surface area (Å²) in [6, 6.07) is 8.29. The number of aromatic nitrogens is 1. The van der Waals surface area contributed by atoms with Crippen molar-refractivity contribution < 1.29 is 14.3 Å². The second kappa shape index (κ2) is 8.18. The average molecular weight is 453 g/mol. The van der Waals surface area contributed by atoms with Crippen LogP contribution in [0.4, 0.5) is 4.79 Å². The van der Waals surface area contributed by atoms with Crippen LogP contribution in [0.1, 0.15) is 78.1 Å². The van der Waals surface area contributed by atoms with Crippen LogP contribution in [0.15, 0.2) is 30.5 Å². The van der Waals surface area contributed by atoms with Gasteiger partial charge >= 0.3 is 6.09 Å². The quantitative estimate of drug-likeness (QED) is 0.484. The Labute approximate surface area is 198 Å². The summed E-state index contributed by atoms with van der Waals surface area (Å²) in [5.74, 6) is 0.928. The third-order valence-electron chi connectivity index (χ3n) is 8.38. The van der Waals surface area contributed by atoms with Crippen LogP contribution in [0, 0.1) is 22.7 Å². The molecule has 0 atom stereocenters. The fourth-order valence-electron chi connectivity index (χ4n) is 5.69. The number of Topliss-reactive ketones (excluding diaryl/α,β-unsaturated/α-hetero) is 1. The van der Waals surface area contributed by atoms with E-state index in [2.05, 4.69) is 56.7 Å². The number of carbonyl (C=O) groups excluding carboxylic acids is 2. The number of nitrogens with zero attached hydrogens (tertiary/aromatic N) is 2. The lowest BCUT2D eigenvalue weighted by Crippen LogP contribution is -2.41. The van der Waals surface area contributed by atoms with Crippen LogP contribution in [0.2, 0.25) is 0 Å². The highest BCUT2D eigenvalue weighted by molar-refractivity contribution is 6.11. The second-order valence-electron chi connectivity index (χ2n) is 12.2. The van der Waals surface area contributed by atoms with Gasteiger partial charge in [-0.3, -0.25) is 4.79 Å². The van der Waals surface area contributed by atoms with E-state index in [1.54, 1.807) is 0 Å². The second-order valence-corrected chi connectivity index (χ2v) is 12.2. The van der Waals surface area contributed by atoms with Crippen molar-refractivity contribution >= 4 is 22.8 Å². The van der Waals surface area contributed by atoms with Crippen LogP contribution < -0.4 is 0 Å². The molecule has 2 aromatic rings. The van der Waals surface area contributed by atoms with E-state index in [0.29, 0.717) is 5.92 Å². The van der Waals surface area contributed by atoms with Crippen molar-refractivity contribution in [2.24, 2.45) is 22.7 Å². The van der Waals surface area contributed by atoms with Gasteiger partial charge in [0.25, 0.3) is 0 Å². The van der Waals surface area contributed by atoms with Gasteiger partial charge in [0.1, 0.15) is 5.60 Å². The molecule has 2 fully saturated rings. The van der Waals surface area contributed by atoms with Crippen LogP contribution >= 0.6 is 0 Å². The van der Waals surface area contributed by atoms with Crippen LogP contribution in [-0.4, -0.2) is 40.0 Å². The van der Waals surface area contributed by atoms with E-state index in [1.807, 2.05) is 31.7 Å². The Morgan fingerprint density at radius 2 is 1.64 bits per heavy atom. The average Bonchev–Trinajstić information content (AvgIpc) is 2.98. The number of rotatable bonds is 5. The number of ketones is 1. The lowest BCUT2D eigenvalue weighted by molar-refractivity contribution is 0.0180. The molecule has 2 heterocycles. The lowest BCUT2D eigenvalue weighted by atomic mass is 9.94. The summed E-state index contributed by atoms with van der Waals surface area (Å²) in [6.45, 7) is 16.9. The Hall–Kier alpha value is -2.30. The van der Waals surface area contributed by atoms with E-state index < -0.39 is 5.60 Å². The predicted octanol–water partition coefficient (Wildman–Crippen LogP) is 6.54. The first-order valence-corrected chi connectivity index (χ1v) is 12.4. The van der Waals surface area contributed by atoms with Gasteiger partial charge in [-0.15, -0.1) is 0 Å². The molecule has 1 aromatic carbocycles. The minimum Gasteiger partial charge on any atom is -0.444 e. The molecule has 1 aromatic heterocycles. The summed E-state index contributed by atoms with van der Waals surface area (Å²) in [7, 11) is 0. The maximum Gasteiger partial charge on any atom is 0.410 e. The van der Waals surface area contributed by atoms with E-state index in [-0.39, 0.29) is 28.6 Å². The summed E-state index contributed by atoms with van der Waals surface area (Å²) < 4.78 is 7.79. The third-order valence-corrected chi connectivity index (χ3v) is 8.38. The molecule has 1 aliphatic carbocycles. The molecular weight excluding hydrogens is 412 g/mol. The Kier molecular flexibility index (Phi) is 5.91. The van der Waals surface area contributed by atoms with Crippen LogP contribution in [0.3, 0.4) is 0 Å². The molecular formula is C28H40N2O3. The highest BCUT2D eigenvalue weighted by Crippen LogP contribution is 2.69. The summed E-state index contributed by atoms with van der Waals surface area (Å²) in [4.78, 5) is 27.7. The number of aryl methyl sites for hydroxylation is 1. The maximum atomic E-state index is 13.5. The van der Waals surface area contributed by atoms with Crippen molar-refractivity contribution in [1.82, 2.24) is 9.47 Å². The molecule has 1 amide bonds. The SMILES string of the molecule is CC(C)(C)OC(=O)N1CCC(CCn2cc(C(=O)C3C(C)(C)C3(C)C)c3ccccc32)CC1. The van der Waals surface area contributed by atoms with Gasteiger partial charge in [-0.25, -0.2) is 4.79 Å². The molecule has 180 valence electrons. The Morgan fingerprint density at radius 1 is 1.03 bits per heavy atom. The minimum atomic E-state index is -0.455. The van der Waals surface area contributed by atoms with E-state index >= 15 is 0 Å². The van der Waals surface area contributed by atoms with Crippen LogP contribution in [0.5, 0.6) is 0 Å². The molecule has 1 aliphatic heterocycles. The van der Waals surface area contributed by atoms with E-state index in [0.717, 1.165) is 55.4 Å². The molecule has 5 heteroatoms. The molecule has 2 aliphatic rings. The van der Waals surface area contributed by atoms with Gasteiger partial charge in [0.05, 0.1) is 0 Å². The highest BCUT2D eigenvalue weighted by atomic mass is 16.6. The fraction of sp³-hybridized carbons (Fsp3) is 0.643. The van der Waals surface area contributed by atoms with Gasteiger partial charge in [-0.1, -0.05) is 45.9 Å². The number of hydrogen-bond acceptors (Lipinski definition) is 3. The number of ether oxygens (including phenoxy) is 1. The Balaban J connectivity index is 1.42. The smallest absolute Gasteiger partial charge is 0.410 e. The van der Waals surface area contributed by atoms with Crippen molar-refractivity contribution in [3.05, 3.63) is 36.0 Å². The first-order valence-electron chi connectivity index (χ1n) is 12.4. The van der Waals surface area contributed by atoms with Crippen molar-refractivity contribution in [3.8, 4) is 0 Å². The summed E-state index contributed by atoms with van der Waals surface area (Å²) in [5.41, 5.74) is 1.63. The number of fused-ring (bicyclic) bond motifs is 1. The molecule has 0 unspecified atom stereocenters. The molecule has 0 N–H and O–H groups in total. The van der Waals surface area contributed by atoms with Gasteiger partial charge in [0.2, 0.25) is 0 Å². The fourth-order valence-corrected chi connectivity index (χ4v) is 5.69. The zero-order valence-corrected chi connectivity index (χ0v) is 21.4. The number of hydrogen-bond donors (Lipinski definition) is 0. The zero-order chi connectivity index (χ0) is 24.2. The van der Waals surface area contributed by atoms with E-state index in [9.17, 15) is 9.59 Å². The van der Waals surface area contributed by atoms with Crippen molar-refractivity contribution in [2.75, 3.05) is 13.1 Å². The summed E-state index contributed by atoms with van der Waals surface area (Å²) in [5, 5.41) is 1.07. The largest absolute Gasteiger partial charge is 0.444 e. The lowest BCUT2D eigenvalue weighted by Gasteiger charge is -2.33. The van der Waals surface area contributed by atoms with E-state index in [4.69, 9.17) is 4.74 Å². The van der Waals surface area contributed by atoms with Crippen molar-refractivity contribution in [3.63, 3.8) is 0 Å². The first kappa shape index (κ1) is 23.8. The van der Waals surface area contributed by atoms with Crippen molar-refractivity contribution in [1.29, 1.82) is 0 Å². The number of piperidine rings is 1. The molecule has 0 radical (unpaired) electrons. The normalized spacial score (nSPS) is 20.8. The van der Waals surface area contributed by atoms with Crippen LogP contribution in [-0.2, 0) is 11.3 Å². The molecule has 5 nitrogen and oxygen atoms in total. The summed E-state index contributed by atoms with van der Waals surface area (Å²) >= 11 is 0. The van der Waals surface area contributed by atoms with E-state index in [1.165, 1.54) is 0 Å². The van der Waals surface area contributed by atoms with Gasteiger partial charge in [-0.2, -0.15) is 0 Å². The first-order chi connectivity index (χ1) is 15.3. The Morgan fingerprint density at radius 3 is 2.21 bits per heavy atom. The number of benzene rings is 1. The minimum absolute atomic E-state index is 0.0371. The predicted molar refractivity (Wildman–Crippen MR) is 132 cm³/mol. The molecule has 0 bridgehead atoms. The van der Waals surface area contributed by atoms with Gasteiger partial charge < -0.3 is 14.2 Å². The summed E-state index contributed by atoms with van der Waals surface area (Å²) in [6.07, 6.45) is 4.93. The van der Waals surface area contributed by atoms with Crippen LogP contribution in [0.25, 0.3) is 10.9 Å². The third kappa shape index (κ3) is 4.43. The van der Waals surface area contributed by atoms with Crippen molar-refractivity contribution in [2.45, 2.75) is 79.9 Å². The molecule has 0 spiro atoms. The number of likely N-dealkylation sites (tertiary alicyclic amines) is 1. The van der Waals surface area contributed by atoms with Gasteiger partial charge in [0.15, 0.2) is 5.78 Å². The number of carbonyl (C=O) groups is 2. The maximum absolute atomic E-state index is 13.5. The standard InChI is InChI=1S/C28H40N2O3/c1-26(2,3)33-25(32)29-15-12-19(13-16-29)14-17-30-18-21(20-10-8-9-11-22(20)30)23(31)24-27(4,5)28(24,6)7/h8-11,18-19,24H,12-17H2,1-7H3. The monoisotopic (exact) mass is 452 g/mol. The number of para-hydroxylation sites is 1. The van der Waals surface area contributed by atoms with Gasteiger partial charge in [0, 0.05) is 48.2 Å². The molecule has 1 saturated carbocycles. The molecule has 4 rings (SSSR count). The van der Waals surface area contributed by atoms with Gasteiger partial charge in [-0.05, 0) is 62.8 Å². The topological polar surface area (TPSA) is 51.5 Å². The highest BCUT2D eigenvalue weighted by Gasteiger charge is 2.68. The molecule has 1 saturated heterocycles. The molecule has 33 heavy (non-hydrogen) atoms. The zero-order valence-electron chi connectivity index (χ0n) is 21.4.